The van der Waals surface area contributed by atoms with Crippen molar-refractivity contribution >= 4 is 11.8 Å². The highest BCUT2D eigenvalue weighted by molar-refractivity contribution is 8.00. The molecule has 0 aromatic carbocycles. The largest absolute Gasteiger partial charge is 0.396 e. The van der Waals surface area contributed by atoms with Crippen molar-refractivity contribution in [3.05, 3.63) is 0 Å². The summed E-state index contributed by atoms with van der Waals surface area (Å²) in [6, 6.07) is 0. The quantitative estimate of drug-likeness (QED) is 0.607. The van der Waals surface area contributed by atoms with E-state index in [1.807, 2.05) is 11.8 Å². The number of aliphatic hydroxyl groups excluding tert-OH is 1. The van der Waals surface area contributed by atoms with Crippen molar-refractivity contribution in [2.45, 2.75) is 18.2 Å². The van der Waals surface area contributed by atoms with Gasteiger partial charge in [0.25, 0.3) is 0 Å². The van der Waals surface area contributed by atoms with Gasteiger partial charge in [-0.05, 0) is 12.8 Å². The molecule has 1 saturated heterocycles. The number of thioether (sulfide) groups is 1. The standard InChI is InChI=1S/C6H13NOS/c8-4-1-2-6-7-3-5-9-6/h6-8H,1-5H2. The fourth-order valence-electron chi connectivity index (χ4n) is 0.942. The minimum atomic E-state index is 0.332. The maximum Gasteiger partial charge on any atom is 0.0533 e. The van der Waals surface area contributed by atoms with Crippen LogP contribution in [0.5, 0.6) is 0 Å². The van der Waals surface area contributed by atoms with E-state index in [1.54, 1.807) is 0 Å². The third kappa shape index (κ3) is 2.56. The average molecular weight is 147 g/mol. The molecule has 1 unspecified atom stereocenters. The molecule has 1 heterocycles. The summed E-state index contributed by atoms with van der Waals surface area (Å²) in [5, 5.41) is 12.5. The molecule has 3 heteroatoms. The Bertz CT molecular complexity index is 73.5. The highest BCUT2D eigenvalue weighted by atomic mass is 32.2. The van der Waals surface area contributed by atoms with Crippen LogP contribution in [0.2, 0.25) is 0 Å². The fourth-order valence-corrected chi connectivity index (χ4v) is 2.03. The van der Waals surface area contributed by atoms with Crippen LogP contribution in [0.4, 0.5) is 0 Å². The van der Waals surface area contributed by atoms with E-state index in [2.05, 4.69) is 5.32 Å². The smallest absolute Gasteiger partial charge is 0.0533 e. The first-order chi connectivity index (χ1) is 4.43. The predicted octanol–water partition coefficient (Wildman–Crippen LogP) is 0.421. The second kappa shape index (κ2) is 4.14. The Labute approximate surface area is 60.0 Å². The van der Waals surface area contributed by atoms with Gasteiger partial charge in [-0.25, -0.2) is 0 Å². The maximum atomic E-state index is 8.49. The van der Waals surface area contributed by atoms with Gasteiger partial charge in [0.2, 0.25) is 0 Å². The lowest BCUT2D eigenvalue weighted by molar-refractivity contribution is 0.282. The summed E-state index contributed by atoms with van der Waals surface area (Å²) in [5.74, 6) is 1.23. The van der Waals surface area contributed by atoms with Crippen LogP contribution in [0.25, 0.3) is 0 Å². The molecule has 1 atom stereocenters. The molecule has 54 valence electrons. The molecule has 2 nitrogen and oxygen atoms in total. The molecule has 0 spiro atoms. The summed E-state index contributed by atoms with van der Waals surface area (Å²) in [5.41, 5.74) is 0. The van der Waals surface area contributed by atoms with Gasteiger partial charge in [0.15, 0.2) is 0 Å². The van der Waals surface area contributed by atoms with Crippen LogP contribution in [0.1, 0.15) is 12.8 Å². The van der Waals surface area contributed by atoms with Crippen molar-refractivity contribution in [2.24, 2.45) is 0 Å². The molecule has 9 heavy (non-hydrogen) atoms. The first kappa shape index (κ1) is 7.38. The number of hydrogen-bond acceptors (Lipinski definition) is 3. The van der Waals surface area contributed by atoms with Gasteiger partial charge in [0, 0.05) is 18.9 Å². The van der Waals surface area contributed by atoms with E-state index >= 15 is 0 Å². The molecule has 1 rings (SSSR count). The molecule has 0 aromatic heterocycles. The van der Waals surface area contributed by atoms with E-state index in [-0.39, 0.29) is 0 Å². The number of rotatable bonds is 3. The molecule has 0 aromatic rings. The number of hydrogen-bond donors (Lipinski definition) is 2. The molecule has 0 amide bonds. The van der Waals surface area contributed by atoms with Crippen LogP contribution in [-0.4, -0.2) is 29.4 Å². The topological polar surface area (TPSA) is 32.3 Å². The predicted molar refractivity (Wildman–Crippen MR) is 40.6 cm³/mol. The average Bonchev–Trinajstić information content (AvgIpc) is 2.34. The van der Waals surface area contributed by atoms with Gasteiger partial charge in [-0.3, -0.25) is 0 Å². The first-order valence-corrected chi connectivity index (χ1v) is 4.44. The summed E-state index contributed by atoms with van der Waals surface area (Å²) in [7, 11) is 0. The number of nitrogens with one attached hydrogen (secondary N) is 1. The zero-order chi connectivity index (χ0) is 6.53. The van der Waals surface area contributed by atoms with Gasteiger partial charge in [-0.15, -0.1) is 11.8 Å². The summed E-state index contributed by atoms with van der Waals surface area (Å²) in [6.45, 7) is 1.47. The van der Waals surface area contributed by atoms with Gasteiger partial charge in [0.05, 0.1) is 5.37 Å². The van der Waals surface area contributed by atoms with Crippen molar-refractivity contribution in [3.63, 3.8) is 0 Å². The molecule has 0 radical (unpaired) electrons. The Kier molecular flexibility index (Phi) is 3.40. The van der Waals surface area contributed by atoms with Crippen molar-refractivity contribution in [3.8, 4) is 0 Å². The second-order valence-electron chi connectivity index (χ2n) is 2.18. The minimum Gasteiger partial charge on any atom is -0.396 e. The van der Waals surface area contributed by atoms with Crippen LogP contribution < -0.4 is 5.32 Å². The van der Waals surface area contributed by atoms with Crippen molar-refractivity contribution in [1.82, 2.24) is 5.32 Å². The minimum absolute atomic E-state index is 0.332. The second-order valence-corrected chi connectivity index (χ2v) is 3.49. The van der Waals surface area contributed by atoms with Gasteiger partial charge in [0.1, 0.15) is 0 Å². The zero-order valence-corrected chi connectivity index (χ0v) is 6.28. The molecular formula is C6H13NOS. The van der Waals surface area contributed by atoms with Crippen LogP contribution in [0.15, 0.2) is 0 Å². The monoisotopic (exact) mass is 147 g/mol. The lowest BCUT2D eigenvalue weighted by Gasteiger charge is -2.05. The van der Waals surface area contributed by atoms with Gasteiger partial charge < -0.3 is 10.4 Å². The number of aliphatic hydroxyl groups is 1. The van der Waals surface area contributed by atoms with Crippen LogP contribution in [-0.2, 0) is 0 Å². The summed E-state index contributed by atoms with van der Waals surface area (Å²) < 4.78 is 0. The third-order valence-corrected chi connectivity index (χ3v) is 2.66. The summed E-state index contributed by atoms with van der Waals surface area (Å²) in [4.78, 5) is 0. The van der Waals surface area contributed by atoms with Gasteiger partial charge in [-0.2, -0.15) is 0 Å². The highest BCUT2D eigenvalue weighted by Gasteiger charge is 2.12. The van der Waals surface area contributed by atoms with Gasteiger partial charge in [-0.1, -0.05) is 0 Å². The Morgan fingerprint density at radius 1 is 1.67 bits per heavy atom. The Morgan fingerprint density at radius 2 is 2.56 bits per heavy atom. The Balaban J connectivity index is 1.98. The van der Waals surface area contributed by atoms with E-state index < -0.39 is 0 Å². The lowest BCUT2D eigenvalue weighted by atomic mass is 10.3. The Morgan fingerprint density at radius 3 is 3.11 bits per heavy atom. The van der Waals surface area contributed by atoms with Crippen LogP contribution in [0.3, 0.4) is 0 Å². The van der Waals surface area contributed by atoms with Crippen molar-refractivity contribution in [2.75, 3.05) is 18.9 Å². The molecule has 1 aliphatic rings. The zero-order valence-electron chi connectivity index (χ0n) is 5.47. The highest BCUT2D eigenvalue weighted by Crippen LogP contribution is 2.17. The van der Waals surface area contributed by atoms with Gasteiger partial charge >= 0.3 is 0 Å². The molecule has 1 fully saturated rings. The maximum absolute atomic E-state index is 8.49. The van der Waals surface area contributed by atoms with Crippen molar-refractivity contribution in [1.29, 1.82) is 0 Å². The molecule has 1 aliphatic heterocycles. The fraction of sp³-hybridized carbons (Fsp3) is 1.00. The molecule has 0 bridgehead atoms. The lowest BCUT2D eigenvalue weighted by Crippen LogP contribution is -2.19. The summed E-state index contributed by atoms with van der Waals surface area (Å²) in [6.07, 6.45) is 2.05. The van der Waals surface area contributed by atoms with Crippen LogP contribution >= 0.6 is 11.8 Å². The van der Waals surface area contributed by atoms with Crippen LogP contribution in [0, 0.1) is 0 Å². The SMILES string of the molecule is OCCCC1NCCS1. The first-order valence-electron chi connectivity index (χ1n) is 3.39. The normalized spacial score (nSPS) is 27.0. The molecule has 0 saturated carbocycles. The van der Waals surface area contributed by atoms with E-state index in [0.717, 1.165) is 19.4 Å². The van der Waals surface area contributed by atoms with E-state index in [9.17, 15) is 0 Å². The van der Waals surface area contributed by atoms with Crippen molar-refractivity contribution < 1.29 is 5.11 Å². The third-order valence-electron chi connectivity index (χ3n) is 1.42. The van der Waals surface area contributed by atoms with E-state index in [0.29, 0.717) is 12.0 Å². The Hall–Kier alpha value is 0.270. The molecular weight excluding hydrogens is 134 g/mol. The van der Waals surface area contributed by atoms with E-state index in [1.165, 1.54) is 5.75 Å². The molecule has 0 aliphatic carbocycles. The summed E-state index contributed by atoms with van der Waals surface area (Å²) >= 11 is 1.96. The molecule has 2 N–H and O–H groups in total. The van der Waals surface area contributed by atoms with E-state index in [4.69, 9.17) is 5.11 Å².